The van der Waals surface area contributed by atoms with Crippen molar-refractivity contribution < 1.29 is 9.18 Å². The smallest absolute Gasteiger partial charge is 0.259 e. The van der Waals surface area contributed by atoms with E-state index in [9.17, 15) is 9.18 Å². The highest BCUT2D eigenvalue weighted by atomic mass is 35.5. The van der Waals surface area contributed by atoms with Gasteiger partial charge in [0.15, 0.2) is 5.13 Å². The van der Waals surface area contributed by atoms with E-state index in [2.05, 4.69) is 27.3 Å². The van der Waals surface area contributed by atoms with Crippen LogP contribution < -0.4 is 5.32 Å². The van der Waals surface area contributed by atoms with E-state index >= 15 is 0 Å². The highest BCUT2D eigenvalue weighted by molar-refractivity contribution is 7.15. The lowest BCUT2D eigenvalue weighted by Crippen LogP contribution is -2.29. The van der Waals surface area contributed by atoms with Crippen LogP contribution in [-0.2, 0) is 19.5 Å². The van der Waals surface area contributed by atoms with E-state index in [4.69, 9.17) is 23.2 Å². The molecule has 0 radical (unpaired) electrons. The monoisotopic (exact) mass is 435 g/mol. The zero-order valence-electron chi connectivity index (χ0n) is 14.7. The molecule has 0 saturated carbocycles. The number of carbonyl (C=O) groups excluding carboxylic acids is 1. The second-order valence-electron chi connectivity index (χ2n) is 6.54. The van der Waals surface area contributed by atoms with Crippen molar-refractivity contribution in [1.29, 1.82) is 0 Å². The van der Waals surface area contributed by atoms with Crippen molar-refractivity contribution in [2.75, 3.05) is 11.9 Å². The lowest BCUT2D eigenvalue weighted by Gasteiger charge is -2.25. The zero-order valence-corrected chi connectivity index (χ0v) is 17.0. The largest absolute Gasteiger partial charge is 0.298 e. The fraction of sp³-hybridized carbons (Fsp3) is 0.200. The van der Waals surface area contributed by atoms with Crippen molar-refractivity contribution >= 4 is 45.6 Å². The Morgan fingerprint density at radius 3 is 2.79 bits per heavy atom. The van der Waals surface area contributed by atoms with Gasteiger partial charge in [0.2, 0.25) is 0 Å². The maximum absolute atomic E-state index is 13.7. The molecule has 1 aliphatic heterocycles. The van der Waals surface area contributed by atoms with Crippen molar-refractivity contribution in [1.82, 2.24) is 9.88 Å². The molecule has 144 valence electrons. The molecule has 3 aromatic rings. The first-order valence-corrected chi connectivity index (χ1v) is 10.3. The van der Waals surface area contributed by atoms with Gasteiger partial charge in [-0.2, -0.15) is 0 Å². The minimum absolute atomic E-state index is 0.0300. The molecular formula is C20H16Cl2FN3OS. The van der Waals surface area contributed by atoms with Gasteiger partial charge >= 0.3 is 0 Å². The number of aromatic nitrogens is 1. The minimum Gasteiger partial charge on any atom is -0.298 e. The number of carbonyl (C=O) groups is 1. The predicted molar refractivity (Wildman–Crippen MR) is 111 cm³/mol. The molecular weight excluding hydrogens is 420 g/mol. The van der Waals surface area contributed by atoms with Gasteiger partial charge in [0, 0.05) is 30.9 Å². The first-order valence-electron chi connectivity index (χ1n) is 8.70. The molecule has 1 aliphatic rings. The first kappa shape index (κ1) is 19.3. The summed E-state index contributed by atoms with van der Waals surface area (Å²) in [5, 5.41) is 3.19. The van der Waals surface area contributed by atoms with Crippen LogP contribution in [0, 0.1) is 5.82 Å². The Hall–Kier alpha value is -1.99. The molecule has 0 spiro atoms. The quantitative estimate of drug-likeness (QED) is 0.557. The zero-order chi connectivity index (χ0) is 19.7. The third-order valence-electron chi connectivity index (χ3n) is 4.53. The van der Waals surface area contributed by atoms with Crippen LogP contribution in [-0.4, -0.2) is 22.3 Å². The molecule has 1 amide bonds. The topological polar surface area (TPSA) is 45.2 Å². The summed E-state index contributed by atoms with van der Waals surface area (Å²) < 4.78 is 13.7. The van der Waals surface area contributed by atoms with Crippen molar-refractivity contribution in [3.63, 3.8) is 0 Å². The van der Waals surface area contributed by atoms with Crippen LogP contribution in [0.3, 0.4) is 0 Å². The van der Waals surface area contributed by atoms with Gasteiger partial charge < -0.3 is 0 Å². The number of hydrogen-bond donors (Lipinski definition) is 1. The highest BCUT2D eigenvalue weighted by Gasteiger charge is 2.22. The van der Waals surface area contributed by atoms with Crippen LogP contribution in [0.5, 0.6) is 0 Å². The molecule has 2 aromatic carbocycles. The number of benzene rings is 2. The average Bonchev–Trinajstić information content (AvgIpc) is 3.07. The summed E-state index contributed by atoms with van der Waals surface area (Å²) >= 11 is 13.1. The lowest BCUT2D eigenvalue weighted by atomic mass is 10.1. The Morgan fingerprint density at radius 2 is 2.00 bits per heavy atom. The average molecular weight is 436 g/mol. The first-order chi connectivity index (χ1) is 13.5. The van der Waals surface area contributed by atoms with Crippen LogP contribution in [0.2, 0.25) is 10.0 Å². The summed E-state index contributed by atoms with van der Waals surface area (Å²) in [5.74, 6) is -1.20. The van der Waals surface area contributed by atoms with Crippen LogP contribution in [0.25, 0.3) is 0 Å². The van der Waals surface area contributed by atoms with Gasteiger partial charge in [-0.25, -0.2) is 9.37 Å². The van der Waals surface area contributed by atoms with Crippen molar-refractivity contribution in [2.24, 2.45) is 0 Å². The molecule has 0 saturated heterocycles. The Kier molecular flexibility index (Phi) is 5.64. The number of halogens is 3. The van der Waals surface area contributed by atoms with Crippen molar-refractivity contribution in [3.8, 4) is 0 Å². The van der Waals surface area contributed by atoms with Gasteiger partial charge in [0.05, 0.1) is 21.3 Å². The second kappa shape index (κ2) is 8.17. The SMILES string of the molecule is O=C(Nc1nc2c(s1)CN(Cc1ccccc1)CC2)c1cc(F)c(Cl)cc1Cl. The molecule has 8 heteroatoms. The van der Waals surface area contributed by atoms with Gasteiger partial charge in [-0.05, 0) is 17.7 Å². The molecule has 1 aromatic heterocycles. The van der Waals surface area contributed by atoms with Gasteiger partial charge in [0.25, 0.3) is 5.91 Å². The summed E-state index contributed by atoms with van der Waals surface area (Å²) in [5.41, 5.74) is 2.30. The normalized spacial score (nSPS) is 14.0. The molecule has 4 nitrogen and oxygen atoms in total. The molecule has 4 rings (SSSR count). The second-order valence-corrected chi connectivity index (χ2v) is 8.43. The summed E-state index contributed by atoms with van der Waals surface area (Å²) in [6, 6.07) is 12.6. The van der Waals surface area contributed by atoms with E-state index in [-0.39, 0.29) is 15.6 Å². The fourth-order valence-corrected chi connectivity index (χ4v) is 4.65. The summed E-state index contributed by atoms with van der Waals surface area (Å²) in [6.45, 7) is 2.57. The van der Waals surface area contributed by atoms with E-state index in [0.717, 1.165) is 42.7 Å². The molecule has 0 fully saturated rings. The number of anilines is 1. The number of nitrogens with zero attached hydrogens (tertiary/aromatic N) is 2. The highest BCUT2D eigenvalue weighted by Crippen LogP contribution is 2.30. The number of fused-ring (bicyclic) bond motifs is 1. The van der Waals surface area contributed by atoms with E-state index in [0.29, 0.717) is 5.13 Å². The molecule has 0 aliphatic carbocycles. The molecule has 2 heterocycles. The Morgan fingerprint density at radius 1 is 1.21 bits per heavy atom. The third kappa shape index (κ3) is 4.20. The van der Waals surface area contributed by atoms with E-state index in [1.54, 1.807) is 0 Å². The molecule has 0 bridgehead atoms. The Balaban J connectivity index is 1.46. The Labute approximate surface area is 175 Å². The lowest BCUT2D eigenvalue weighted by molar-refractivity contribution is 0.102. The minimum atomic E-state index is -0.689. The number of rotatable bonds is 4. The summed E-state index contributed by atoms with van der Waals surface area (Å²) in [7, 11) is 0. The summed E-state index contributed by atoms with van der Waals surface area (Å²) in [6.07, 6.45) is 0.824. The number of hydrogen-bond acceptors (Lipinski definition) is 4. The number of thiazole rings is 1. The van der Waals surface area contributed by atoms with Gasteiger partial charge in [0.1, 0.15) is 5.82 Å². The third-order valence-corrected chi connectivity index (χ3v) is 6.13. The van der Waals surface area contributed by atoms with Gasteiger partial charge in [-0.3, -0.25) is 15.0 Å². The fourth-order valence-electron chi connectivity index (χ4n) is 3.14. The van der Waals surface area contributed by atoms with E-state index in [1.165, 1.54) is 23.0 Å². The maximum atomic E-state index is 13.7. The van der Waals surface area contributed by atoms with Gasteiger partial charge in [-0.1, -0.05) is 53.5 Å². The number of nitrogens with one attached hydrogen (secondary N) is 1. The van der Waals surface area contributed by atoms with E-state index in [1.807, 2.05) is 18.2 Å². The van der Waals surface area contributed by atoms with Crippen LogP contribution >= 0.6 is 34.5 Å². The van der Waals surface area contributed by atoms with Crippen molar-refractivity contribution in [3.05, 3.63) is 80.0 Å². The van der Waals surface area contributed by atoms with E-state index < -0.39 is 11.7 Å². The van der Waals surface area contributed by atoms with Crippen molar-refractivity contribution in [2.45, 2.75) is 19.5 Å². The van der Waals surface area contributed by atoms with Crippen LogP contribution in [0.1, 0.15) is 26.5 Å². The standard InChI is InChI=1S/C20H16Cl2FN3OS/c21-14-9-15(22)16(23)8-13(14)19(27)25-20-24-17-6-7-26(11-18(17)28-20)10-12-4-2-1-3-5-12/h1-5,8-9H,6-7,10-11H2,(H,24,25,27). The maximum Gasteiger partial charge on any atom is 0.259 e. The molecule has 1 N–H and O–H groups in total. The number of amides is 1. The molecule has 0 unspecified atom stereocenters. The van der Waals surface area contributed by atoms with Crippen LogP contribution in [0.4, 0.5) is 9.52 Å². The Bertz CT molecular complexity index is 1030. The van der Waals surface area contributed by atoms with Gasteiger partial charge in [-0.15, -0.1) is 11.3 Å². The predicted octanol–water partition coefficient (Wildman–Crippen LogP) is 5.40. The summed E-state index contributed by atoms with van der Waals surface area (Å²) in [4.78, 5) is 20.5. The molecule has 0 atom stereocenters. The molecule has 28 heavy (non-hydrogen) atoms. The van der Waals surface area contributed by atoms with Crippen LogP contribution in [0.15, 0.2) is 42.5 Å².